The largest absolute Gasteiger partial charge is 0.460 e. The minimum atomic E-state index is -0.376. The number of methoxy groups -OCH3 is 1. The van der Waals surface area contributed by atoms with Crippen molar-refractivity contribution in [2.45, 2.75) is 0 Å². The molecule has 21 heavy (non-hydrogen) atoms. The fourth-order valence-electron chi connectivity index (χ4n) is 1.44. The highest BCUT2D eigenvalue weighted by atomic mass is 16.6. The van der Waals surface area contributed by atoms with Gasteiger partial charge in [0.15, 0.2) is 0 Å². The van der Waals surface area contributed by atoms with Crippen molar-refractivity contribution in [2.24, 2.45) is 0 Å². The zero-order chi connectivity index (χ0) is 15.2. The van der Waals surface area contributed by atoms with E-state index in [1.165, 1.54) is 6.08 Å². The molecule has 116 valence electrons. The summed E-state index contributed by atoms with van der Waals surface area (Å²) in [6.07, 6.45) is 3.12. The Hall–Kier alpha value is -1.69. The zero-order valence-electron chi connectivity index (χ0n) is 12.3. The van der Waals surface area contributed by atoms with Crippen molar-refractivity contribution in [3.05, 3.63) is 42.0 Å². The van der Waals surface area contributed by atoms with Gasteiger partial charge >= 0.3 is 5.97 Å². The topological polar surface area (TPSA) is 54.0 Å². The SMILES string of the molecule is COCCOCCOCCOC(=O)C=Cc1ccccc1. The lowest BCUT2D eigenvalue weighted by atomic mass is 10.2. The summed E-state index contributed by atoms with van der Waals surface area (Å²) >= 11 is 0. The molecule has 0 spiro atoms. The molecular formula is C16H22O5. The summed E-state index contributed by atoms with van der Waals surface area (Å²) < 4.78 is 20.3. The van der Waals surface area contributed by atoms with Crippen molar-refractivity contribution in [3.8, 4) is 0 Å². The van der Waals surface area contributed by atoms with E-state index in [0.717, 1.165) is 5.56 Å². The van der Waals surface area contributed by atoms with E-state index in [4.69, 9.17) is 18.9 Å². The summed E-state index contributed by atoms with van der Waals surface area (Å²) in [4.78, 5) is 11.4. The number of esters is 1. The van der Waals surface area contributed by atoms with E-state index in [1.807, 2.05) is 30.3 Å². The molecule has 0 saturated carbocycles. The Morgan fingerprint density at radius 2 is 1.57 bits per heavy atom. The van der Waals surface area contributed by atoms with Crippen LogP contribution in [0.5, 0.6) is 0 Å². The normalized spacial score (nSPS) is 10.9. The van der Waals surface area contributed by atoms with Gasteiger partial charge in [0.2, 0.25) is 0 Å². The van der Waals surface area contributed by atoms with Crippen LogP contribution in [0, 0.1) is 0 Å². The number of rotatable bonds is 11. The first-order chi connectivity index (χ1) is 10.3. The highest BCUT2D eigenvalue weighted by molar-refractivity contribution is 5.86. The molecule has 5 nitrogen and oxygen atoms in total. The van der Waals surface area contributed by atoms with Crippen molar-refractivity contribution in [3.63, 3.8) is 0 Å². The molecule has 0 aliphatic carbocycles. The van der Waals surface area contributed by atoms with Gasteiger partial charge in [-0.15, -0.1) is 0 Å². The number of ether oxygens (including phenoxy) is 4. The standard InChI is InChI=1S/C16H22O5/c1-18-9-10-19-11-12-20-13-14-21-16(17)8-7-15-5-3-2-4-6-15/h2-8H,9-14H2,1H3. The van der Waals surface area contributed by atoms with Gasteiger partial charge in [-0.25, -0.2) is 4.79 Å². The molecule has 1 rings (SSSR count). The average molecular weight is 294 g/mol. The Kier molecular flexibility index (Phi) is 9.99. The summed E-state index contributed by atoms with van der Waals surface area (Å²) in [5.74, 6) is -0.376. The summed E-state index contributed by atoms with van der Waals surface area (Å²) in [6.45, 7) is 2.70. The first-order valence-electron chi connectivity index (χ1n) is 6.87. The van der Waals surface area contributed by atoms with E-state index in [1.54, 1.807) is 13.2 Å². The fraction of sp³-hybridized carbons (Fsp3) is 0.438. The molecular weight excluding hydrogens is 272 g/mol. The zero-order valence-corrected chi connectivity index (χ0v) is 12.3. The van der Waals surface area contributed by atoms with Crippen LogP contribution in [0.3, 0.4) is 0 Å². The number of carbonyl (C=O) groups is 1. The first kappa shape index (κ1) is 17.4. The molecule has 0 radical (unpaired) electrons. The van der Waals surface area contributed by atoms with Gasteiger partial charge in [0, 0.05) is 13.2 Å². The number of hydrogen-bond acceptors (Lipinski definition) is 5. The molecule has 0 atom stereocenters. The van der Waals surface area contributed by atoms with Crippen molar-refractivity contribution >= 4 is 12.0 Å². The van der Waals surface area contributed by atoms with Crippen molar-refractivity contribution in [1.29, 1.82) is 0 Å². The van der Waals surface area contributed by atoms with E-state index >= 15 is 0 Å². The Bertz CT molecular complexity index is 402. The van der Waals surface area contributed by atoms with E-state index in [9.17, 15) is 4.79 Å². The molecule has 0 heterocycles. The van der Waals surface area contributed by atoms with E-state index in [-0.39, 0.29) is 12.6 Å². The smallest absolute Gasteiger partial charge is 0.330 e. The molecule has 5 heteroatoms. The maximum absolute atomic E-state index is 11.4. The van der Waals surface area contributed by atoms with Crippen LogP contribution in [0.2, 0.25) is 0 Å². The summed E-state index contributed by atoms with van der Waals surface area (Å²) in [5, 5.41) is 0. The Labute approximate surface area is 125 Å². The van der Waals surface area contributed by atoms with Crippen LogP contribution in [0.1, 0.15) is 5.56 Å². The average Bonchev–Trinajstić information content (AvgIpc) is 2.52. The predicted molar refractivity (Wildman–Crippen MR) is 79.9 cm³/mol. The lowest BCUT2D eigenvalue weighted by Gasteiger charge is -2.05. The highest BCUT2D eigenvalue weighted by Crippen LogP contribution is 2.00. The molecule has 0 unspecified atom stereocenters. The molecule has 0 saturated heterocycles. The Morgan fingerprint density at radius 3 is 2.24 bits per heavy atom. The van der Waals surface area contributed by atoms with Gasteiger partial charge in [-0.2, -0.15) is 0 Å². The van der Waals surface area contributed by atoms with Crippen LogP contribution < -0.4 is 0 Å². The molecule has 0 fully saturated rings. The lowest BCUT2D eigenvalue weighted by Crippen LogP contribution is -2.12. The Morgan fingerprint density at radius 1 is 0.952 bits per heavy atom. The second kappa shape index (κ2) is 12.1. The molecule has 0 bridgehead atoms. The van der Waals surface area contributed by atoms with Crippen LogP contribution in [0.4, 0.5) is 0 Å². The van der Waals surface area contributed by atoms with Gasteiger partial charge in [0.25, 0.3) is 0 Å². The third-order valence-corrected chi connectivity index (χ3v) is 2.49. The second-order valence-electron chi connectivity index (χ2n) is 4.13. The van der Waals surface area contributed by atoms with Crippen LogP contribution >= 0.6 is 0 Å². The minimum Gasteiger partial charge on any atom is -0.460 e. The summed E-state index contributed by atoms with van der Waals surface area (Å²) in [6, 6.07) is 9.57. The number of carbonyl (C=O) groups excluding carboxylic acids is 1. The number of benzene rings is 1. The molecule has 1 aromatic rings. The van der Waals surface area contributed by atoms with Crippen LogP contribution in [0.25, 0.3) is 6.08 Å². The van der Waals surface area contributed by atoms with Crippen LogP contribution in [-0.2, 0) is 23.7 Å². The third kappa shape index (κ3) is 9.79. The highest BCUT2D eigenvalue weighted by Gasteiger charge is 1.97. The Balaban J connectivity index is 1.97. The monoisotopic (exact) mass is 294 g/mol. The van der Waals surface area contributed by atoms with Crippen molar-refractivity contribution < 1.29 is 23.7 Å². The predicted octanol–water partition coefficient (Wildman–Crippen LogP) is 1.92. The van der Waals surface area contributed by atoms with Gasteiger partial charge in [0.1, 0.15) is 6.61 Å². The molecule has 0 N–H and O–H groups in total. The van der Waals surface area contributed by atoms with E-state index < -0.39 is 0 Å². The minimum absolute atomic E-state index is 0.232. The van der Waals surface area contributed by atoms with Crippen LogP contribution in [-0.4, -0.2) is 52.7 Å². The van der Waals surface area contributed by atoms with Crippen molar-refractivity contribution in [1.82, 2.24) is 0 Å². The van der Waals surface area contributed by atoms with E-state index in [0.29, 0.717) is 33.0 Å². The molecule has 0 aliphatic rings. The van der Waals surface area contributed by atoms with Crippen molar-refractivity contribution in [2.75, 3.05) is 46.8 Å². The molecule has 0 aromatic heterocycles. The summed E-state index contributed by atoms with van der Waals surface area (Å²) in [7, 11) is 1.63. The van der Waals surface area contributed by atoms with Crippen LogP contribution in [0.15, 0.2) is 36.4 Å². The third-order valence-electron chi connectivity index (χ3n) is 2.49. The second-order valence-corrected chi connectivity index (χ2v) is 4.13. The van der Waals surface area contributed by atoms with Gasteiger partial charge in [-0.05, 0) is 11.6 Å². The fourth-order valence-corrected chi connectivity index (χ4v) is 1.44. The van der Waals surface area contributed by atoms with E-state index in [2.05, 4.69) is 0 Å². The van der Waals surface area contributed by atoms with Gasteiger partial charge in [-0.3, -0.25) is 0 Å². The molecule has 1 aromatic carbocycles. The lowest BCUT2D eigenvalue weighted by molar-refractivity contribution is -0.139. The van der Waals surface area contributed by atoms with Gasteiger partial charge in [-0.1, -0.05) is 30.3 Å². The maximum Gasteiger partial charge on any atom is 0.330 e. The first-order valence-corrected chi connectivity index (χ1v) is 6.87. The van der Waals surface area contributed by atoms with Gasteiger partial charge < -0.3 is 18.9 Å². The molecule has 0 aliphatic heterocycles. The van der Waals surface area contributed by atoms with Gasteiger partial charge in [0.05, 0.1) is 33.0 Å². The molecule has 0 amide bonds. The summed E-state index contributed by atoms with van der Waals surface area (Å²) in [5.41, 5.74) is 0.957. The number of hydrogen-bond donors (Lipinski definition) is 0. The maximum atomic E-state index is 11.4. The quantitative estimate of drug-likeness (QED) is 0.354.